The van der Waals surface area contributed by atoms with Crippen LogP contribution >= 0.6 is 11.6 Å². The molecule has 1 atom stereocenters. The third-order valence-electron chi connectivity index (χ3n) is 5.89. The molecule has 0 bridgehead atoms. The summed E-state index contributed by atoms with van der Waals surface area (Å²) in [5, 5.41) is 9.84. The summed E-state index contributed by atoms with van der Waals surface area (Å²) in [7, 11) is 0. The number of aryl methyl sites for hydroxylation is 1. The van der Waals surface area contributed by atoms with E-state index in [-0.39, 0.29) is 29.0 Å². The Morgan fingerprint density at radius 3 is 2.57 bits per heavy atom. The predicted molar refractivity (Wildman–Crippen MR) is 111 cm³/mol. The average Bonchev–Trinajstić information content (AvgIpc) is 2.70. The number of nitrogens with zero attached hydrogens (tertiary/aromatic N) is 4. The van der Waals surface area contributed by atoms with Gasteiger partial charge in [-0.05, 0) is 38.2 Å². The van der Waals surface area contributed by atoms with E-state index >= 15 is 0 Å². The fourth-order valence-electron chi connectivity index (χ4n) is 3.62. The van der Waals surface area contributed by atoms with Gasteiger partial charge in [0.05, 0.1) is 18.0 Å². The number of nitrogens with two attached hydrogens (primary N) is 1. The fraction of sp³-hybridized carbons (Fsp3) is 0.550. The van der Waals surface area contributed by atoms with Crippen LogP contribution in [-0.4, -0.2) is 45.8 Å². The first-order valence-electron chi connectivity index (χ1n) is 9.75. The number of ether oxygens (including phenoxy) is 1. The molecule has 1 aliphatic heterocycles. The number of piperidine rings is 1. The van der Waals surface area contributed by atoms with Crippen LogP contribution in [0.5, 0.6) is 5.88 Å². The zero-order valence-electron chi connectivity index (χ0n) is 17.2. The summed E-state index contributed by atoms with van der Waals surface area (Å²) in [6.07, 6.45) is 3.12. The molecule has 0 saturated carbocycles. The zero-order valence-corrected chi connectivity index (χ0v) is 18.0. The number of aliphatic hydroxyl groups is 1. The third-order valence-corrected chi connectivity index (χ3v) is 6.25. The molecule has 3 rings (SSSR count). The molecule has 0 aromatic carbocycles. The van der Waals surface area contributed by atoms with Crippen LogP contribution < -0.4 is 15.4 Å². The van der Waals surface area contributed by atoms with E-state index in [1.165, 1.54) is 6.20 Å². The van der Waals surface area contributed by atoms with Gasteiger partial charge in [0.1, 0.15) is 10.7 Å². The number of aromatic nitrogens is 3. The van der Waals surface area contributed by atoms with E-state index in [9.17, 15) is 13.9 Å². The second-order valence-corrected chi connectivity index (χ2v) is 8.25. The molecule has 7 nitrogen and oxygen atoms in total. The van der Waals surface area contributed by atoms with E-state index in [4.69, 9.17) is 17.3 Å². The highest BCUT2D eigenvalue weighted by atomic mass is 35.5. The van der Waals surface area contributed by atoms with Crippen molar-refractivity contribution in [2.75, 3.05) is 18.0 Å². The Morgan fingerprint density at radius 1 is 1.33 bits per heavy atom. The summed E-state index contributed by atoms with van der Waals surface area (Å²) < 4.78 is 29.6. The lowest BCUT2D eigenvalue weighted by molar-refractivity contribution is -0.0527. The quantitative estimate of drug-likeness (QED) is 0.707. The van der Waals surface area contributed by atoms with E-state index < -0.39 is 6.61 Å². The van der Waals surface area contributed by atoms with Crippen LogP contribution in [0.1, 0.15) is 38.1 Å². The predicted octanol–water partition coefficient (Wildman–Crippen LogP) is 3.55. The SMILES string of the molecule is Cc1nc(N2CCC(C)([C@H](C)N)CC2)c(CO)nc1-c1ccnc(OC(F)F)c1Cl. The molecule has 30 heavy (non-hydrogen) atoms. The van der Waals surface area contributed by atoms with Gasteiger partial charge in [-0.15, -0.1) is 0 Å². The minimum atomic E-state index is -3.05. The normalized spacial score (nSPS) is 17.3. The van der Waals surface area contributed by atoms with Crippen LogP contribution in [0.15, 0.2) is 12.3 Å². The number of hydrogen-bond acceptors (Lipinski definition) is 7. The molecule has 0 radical (unpaired) electrons. The maximum Gasteiger partial charge on any atom is 0.388 e. The van der Waals surface area contributed by atoms with Crippen LogP contribution in [0.3, 0.4) is 0 Å². The molecule has 1 saturated heterocycles. The summed E-state index contributed by atoms with van der Waals surface area (Å²) in [4.78, 5) is 15.1. The molecule has 164 valence electrons. The summed E-state index contributed by atoms with van der Waals surface area (Å²) >= 11 is 6.23. The monoisotopic (exact) mass is 441 g/mol. The highest BCUT2D eigenvalue weighted by Crippen LogP contribution is 2.38. The molecule has 1 fully saturated rings. The molecule has 1 aliphatic rings. The van der Waals surface area contributed by atoms with Gasteiger partial charge in [0, 0.05) is 30.9 Å². The van der Waals surface area contributed by atoms with Crippen molar-refractivity contribution in [3.8, 4) is 17.1 Å². The molecule has 2 aromatic rings. The number of aliphatic hydroxyl groups excluding tert-OH is 1. The molecule has 0 unspecified atom stereocenters. The Morgan fingerprint density at radius 2 is 2.00 bits per heavy atom. The van der Waals surface area contributed by atoms with Crippen molar-refractivity contribution >= 4 is 17.4 Å². The lowest BCUT2D eigenvalue weighted by atomic mass is 9.75. The topological polar surface area (TPSA) is 97.4 Å². The van der Waals surface area contributed by atoms with Crippen molar-refractivity contribution in [2.45, 2.75) is 52.9 Å². The number of alkyl halides is 2. The van der Waals surface area contributed by atoms with Gasteiger partial charge in [-0.1, -0.05) is 18.5 Å². The van der Waals surface area contributed by atoms with Gasteiger partial charge in [0.25, 0.3) is 0 Å². The van der Waals surface area contributed by atoms with Crippen LogP contribution in [0, 0.1) is 12.3 Å². The third kappa shape index (κ3) is 4.48. The first kappa shape index (κ1) is 22.6. The van der Waals surface area contributed by atoms with Gasteiger partial charge in [-0.3, -0.25) is 0 Å². The highest BCUT2D eigenvalue weighted by molar-refractivity contribution is 6.34. The number of rotatable bonds is 6. The molecule has 0 aliphatic carbocycles. The molecule has 0 amide bonds. The first-order chi connectivity index (χ1) is 14.2. The summed E-state index contributed by atoms with van der Waals surface area (Å²) in [6, 6.07) is 1.64. The number of pyridine rings is 1. The summed E-state index contributed by atoms with van der Waals surface area (Å²) in [5.41, 5.74) is 7.89. The van der Waals surface area contributed by atoms with E-state index in [1.807, 2.05) is 6.92 Å². The van der Waals surface area contributed by atoms with Gasteiger partial charge >= 0.3 is 6.61 Å². The maximum absolute atomic E-state index is 12.6. The molecular formula is C20H26ClF2N5O2. The fourth-order valence-corrected chi connectivity index (χ4v) is 3.86. The van der Waals surface area contributed by atoms with Gasteiger partial charge < -0.3 is 20.5 Å². The van der Waals surface area contributed by atoms with E-state index in [2.05, 4.69) is 31.5 Å². The smallest absolute Gasteiger partial charge is 0.388 e. The Hall–Kier alpha value is -2.10. The van der Waals surface area contributed by atoms with Crippen LogP contribution in [0.4, 0.5) is 14.6 Å². The van der Waals surface area contributed by atoms with E-state index in [0.717, 1.165) is 25.9 Å². The van der Waals surface area contributed by atoms with E-state index in [0.29, 0.717) is 28.5 Å². The Labute approximate surface area is 179 Å². The minimum absolute atomic E-state index is 0.0595. The number of hydrogen-bond donors (Lipinski definition) is 2. The van der Waals surface area contributed by atoms with Crippen LogP contribution in [-0.2, 0) is 6.61 Å². The van der Waals surface area contributed by atoms with Gasteiger partial charge in [-0.2, -0.15) is 8.78 Å². The van der Waals surface area contributed by atoms with Gasteiger partial charge in [0.2, 0.25) is 5.88 Å². The first-order valence-corrected chi connectivity index (χ1v) is 10.1. The lowest BCUT2D eigenvalue weighted by Crippen LogP contribution is -2.47. The van der Waals surface area contributed by atoms with Crippen molar-refractivity contribution in [2.24, 2.45) is 11.1 Å². The van der Waals surface area contributed by atoms with Crippen LogP contribution in [0.25, 0.3) is 11.3 Å². The van der Waals surface area contributed by atoms with Crippen molar-refractivity contribution in [1.82, 2.24) is 15.0 Å². The van der Waals surface area contributed by atoms with Gasteiger partial charge in [-0.25, -0.2) is 15.0 Å². The average molecular weight is 442 g/mol. The Kier molecular flexibility index (Phi) is 6.74. The molecule has 10 heteroatoms. The van der Waals surface area contributed by atoms with Crippen molar-refractivity contribution in [1.29, 1.82) is 0 Å². The molecule has 3 heterocycles. The largest absolute Gasteiger partial charge is 0.415 e. The maximum atomic E-state index is 12.6. The molecule has 2 aromatic heterocycles. The minimum Gasteiger partial charge on any atom is -0.415 e. The van der Waals surface area contributed by atoms with Crippen molar-refractivity contribution in [3.63, 3.8) is 0 Å². The Bertz CT molecular complexity index is 905. The number of halogens is 3. The second kappa shape index (κ2) is 8.95. The molecule has 3 N–H and O–H groups in total. The highest BCUT2D eigenvalue weighted by Gasteiger charge is 2.34. The standard InChI is InChI=1S/C20H26ClF2N5O2/c1-11-16(13-4-7-25-18(15(13)21)30-19(22)23)27-14(10-29)17(26-11)28-8-5-20(3,6-9-28)12(2)24/h4,7,12,19,29H,5-6,8-10,24H2,1-3H3/t12-/m0/s1. The lowest BCUT2D eigenvalue weighted by Gasteiger charge is -2.42. The molecular weight excluding hydrogens is 416 g/mol. The number of anilines is 1. The van der Waals surface area contributed by atoms with Crippen LogP contribution in [0.2, 0.25) is 5.02 Å². The van der Waals surface area contributed by atoms with E-state index in [1.54, 1.807) is 13.0 Å². The van der Waals surface area contributed by atoms with Crippen molar-refractivity contribution < 1.29 is 18.6 Å². The Balaban J connectivity index is 1.95. The second-order valence-electron chi connectivity index (χ2n) is 7.87. The summed E-state index contributed by atoms with van der Waals surface area (Å²) in [6.45, 7) is 4.10. The zero-order chi connectivity index (χ0) is 22.1. The van der Waals surface area contributed by atoms with Crippen molar-refractivity contribution in [3.05, 3.63) is 28.7 Å². The molecule has 0 spiro atoms. The van der Waals surface area contributed by atoms with Gasteiger partial charge in [0.15, 0.2) is 5.82 Å². The summed E-state index contributed by atoms with van der Waals surface area (Å²) in [5.74, 6) is 0.228.